The number of allylic oxidation sites excluding steroid dienone is 12. The number of nitrogens with zero attached hydrogens (tertiary/aromatic N) is 1. The third-order valence-electron chi connectivity index (χ3n) is 14.6. The first kappa shape index (κ1) is 136. The second-order valence-corrected chi connectivity index (χ2v) is 45.6. The molecule has 692 valence electrons. The van der Waals surface area contributed by atoms with Gasteiger partial charge in [0.05, 0.1) is 0 Å². The van der Waals surface area contributed by atoms with Crippen LogP contribution >= 0.6 is 0 Å². The van der Waals surface area contributed by atoms with E-state index in [2.05, 4.69) is 451 Å². The zero-order chi connectivity index (χ0) is 95.2. The molecule has 6 nitrogen and oxygen atoms in total. The first-order valence-electron chi connectivity index (χ1n) is 45.7. The molecule has 1 unspecified atom stereocenters. The molecule has 0 fully saturated rings. The average Bonchev–Trinajstić information content (AvgIpc) is 0.969. The fourth-order valence-electron chi connectivity index (χ4n) is 8.00. The van der Waals surface area contributed by atoms with E-state index in [0.29, 0.717) is 37.9 Å². The molecule has 0 saturated carbocycles. The summed E-state index contributed by atoms with van der Waals surface area (Å²) in [6, 6.07) is 0.204. The van der Waals surface area contributed by atoms with Crippen molar-refractivity contribution in [3.05, 3.63) is 97.3 Å². The van der Waals surface area contributed by atoms with E-state index in [-0.39, 0.29) is 33.1 Å². The molecule has 0 aliphatic heterocycles. The summed E-state index contributed by atoms with van der Waals surface area (Å²) in [5, 5.41) is 16.3. The van der Waals surface area contributed by atoms with Crippen LogP contribution in [0, 0.1) is 130 Å². The fraction of sp³-hybridized carbons (Fsp3) is 0.759. The Kier molecular flexibility index (Phi) is 91.5. The molecule has 0 aliphatic carbocycles. The molecule has 0 saturated heterocycles. The molecule has 6 heteroatoms. The van der Waals surface area contributed by atoms with Crippen LogP contribution in [0.1, 0.15) is 432 Å². The van der Waals surface area contributed by atoms with E-state index in [9.17, 15) is 0 Å². The Morgan fingerprint density at radius 1 is 0.381 bits per heavy atom. The van der Waals surface area contributed by atoms with Crippen LogP contribution in [0.2, 0.25) is 0 Å². The van der Waals surface area contributed by atoms with Crippen molar-refractivity contribution in [2.24, 2.45) is 70.7 Å². The number of hydrogen-bond donors (Lipinski definition) is 5. The van der Waals surface area contributed by atoms with Gasteiger partial charge in [0.15, 0.2) is 0 Å². The fourth-order valence-corrected chi connectivity index (χ4v) is 8.00. The number of nitrogens with one attached hydrogen (secondary N) is 4. The first-order valence-corrected chi connectivity index (χ1v) is 45.7. The van der Waals surface area contributed by atoms with Crippen LogP contribution in [0.4, 0.5) is 0 Å². The van der Waals surface area contributed by atoms with Crippen LogP contribution in [0.15, 0.2) is 97.3 Å². The summed E-state index contributed by atoms with van der Waals surface area (Å²) in [6.07, 6.45) is 51.0. The maximum atomic E-state index is 7.20. The highest BCUT2D eigenvalue weighted by molar-refractivity contribution is 5.78. The lowest BCUT2D eigenvalue weighted by molar-refractivity contribution is 0.380. The number of nitrogens with two attached hydrogens (primary N) is 1. The minimum atomic E-state index is 0.125. The molecule has 0 radical (unpaired) electrons. The van der Waals surface area contributed by atoms with Gasteiger partial charge in [0.25, 0.3) is 0 Å². The van der Waals surface area contributed by atoms with Gasteiger partial charge >= 0.3 is 0 Å². The Morgan fingerprint density at radius 2 is 0.661 bits per heavy atom. The number of rotatable bonds is 28. The van der Waals surface area contributed by atoms with Crippen LogP contribution in [-0.2, 0) is 0 Å². The lowest BCUT2D eigenvalue weighted by Gasteiger charge is -2.17. The van der Waals surface area contributed by atoms with Crippen LogP contribution < -0.4 is 21.7 Å². The monoisotopic (exact) mass is 1640 g/mol. The lowest BCUT2D eigenvalue weighted by atomic mass is 9.89. The quantitative estimate of drug-likeness (QED) is 0.0233. The highest BCUT2D eigenvalue weighted by atomic mass is 15.0. The minimum absolute atomic E-state index is 0.125. The van der Waals surface area contributed by atoms with Gasteiger partial charge < -0.3 is 32.0 Å². The zero-order valence-corrected chi connectivity index (χ0v) is 89.1. The smallest absolute Gasteiger partial charge is 0.0230 e. The van der Waals surface area contributed by atoms with Crippen LogP contribution in [0.5, 0.6) is 0 Å². The molecular formula is C112H214N6. The highest BCUT2D eigenvalue weighted by Crippen LogP contribution is 2.26. The maximum Gasteiger partial charge on any atom is 0.0230 e. The third-order valence-corrected chi connectivity index (χ3v) is 14.6. The molecule has 0 spiro atoms. The van der Waals surface area contributed by atoms with E-state index < -0.39 is 0 Å². The Labute approximate surface area is 747 Å². The van der Waals surface area contributed by atoms with E-state index in [4.69, 9.17) is 11.1 Å². The summed E-state index contributed by atoms with van der Waals surface area (Å²) in [4.78, 5) is 2.15. The minimum Gasteiger partial charge on any atom is -0.394 e. The van der Waals surface area contributed by atoms with Crippen molar-refractivity contribution < 1.29 is 0 Å². The second kappa shape index (κ2) is 79.2. The Morgan fingerprint density at radius 3 is 0.907 bits per heavy atom. The summed E-state index contributed by atoms with van der Waals surface area (Å²) in [7, 11) is 9.95. The zero-order valence-electron chi connectivity index (χ0n) is 89.1. The normalized spacial score (nSPS) is 12.1. The van der Waals surface area contributed by atoms with E-state index in [0.717, 1.165) is 96.0 Å². The van der Waals surface area contributed by atoms with E-state index >= 15 is 0 Å². The van der Waals surface area contributed by atoms with Crippen LogP contribution in [0.25, 0.3) is 0 Å². The molecular weight excluding hydrogens is 1430 g/mol. The predicted octanol–water partition coefficient (Wildman–Crippen LogP) is 33.1. The van der Waals surface area contributed by atoms with E-state index in [1.165, 1.54) is 81.8 Å². The summed E-state index contributed by atoms with van der Waals surface area (Å²) < 4.78 is 0. The van der Waals surface area contributed by atoms with Crippen molar-refractivity contribution in [2.75, 3.05) is 54.9 Å². The molecule has 0 heterocycles. The van der Waals surface area contributed by atoms with Crippen LogP contribution in [-0.4, -0.2) is 71.5 Å². The summed E-state index contributed by atoms with van der Waals surface area (Å²) in [5.41, 5.74) is 12.8. The molecule has 1 atom stereocenters. The van der Waals surface area contributed by atoms with E-state index in [1.807, 2.05) is 41.2 Å². The van der Waals surface area contributed by atoms with Gasteiger partial charge in [0, 0.05) is 97.6 Å². The van der Waals surface area contributed by atoms with Gasteiger partial charge in [-0.1, -0.05) is 260 Å². The van der Waals surface area contributed by atoms with Gasteiger partial charge in [-0.05, 0) is 327 Å². The maximum absolute atomic E-state index is 7.20. The lowest BCUT2D eigenvalue weighted by Crippen LogP contribution is -2.12. The molecule has 0 rings (SSSR count). The van der Waals surface area contributed by atoms with Gasteiger partial charge in [0.1, 0.15) is 0 Å². The van der Waals surface area contributed by atoms with Gasteiger partial charge in [-0.15, -0.1) is 36.2 Å². The molecule has 0 aromatic carbocycles. The molecule has 0 bridgehead atoms. The Balaban J connectivity index is -0.000000119. The van der Waals surface area contributed by atoms with Crippen molar-refractivity contribution in [3.8, 4) is 59.2 Å². The van der Waals surface area contributed by atoms with Gasteiger partial charge in [-0.3, -0.25) is 0 Å². The van der Waals surface area contributed by atoms with Crippen LogP contribution in [0.3, 0.4) is 0 Å². The molecule has 0 aromatic heterocycles. The molecule has 6 N–H and O–H groups in total. The standard InChI is InChI=1S/C12H24.C12H22.C12H20.C11H19N.C10H19N.C10H21N.C9H19N.2C9H17N.2C9H18/c1-11(2,3)9-7-8-10-12(4,5)6;2*1-11(2)9-7-6-8-10-12(3,4)5;1-10(12)8-6-5-7-9-11(2,3)4;1-10(2,3)8-6-7-9-11(4)5;1-9(11)7-5-6-8-10(2,3)4;3*1-9(2,3)7-5-6-8-10-4;2*1-5-6-7-8-9(2,3)4/h7,9H,8,10H2,1-6H3;6-7H,1,8-10H2,2-5H3;1,6-7,9H2,2-5H3;12H,5-6,8H2,1-4H3;7,9H2,1-5H3;5,7,9H,6,8,11H2,1-4H3;6,8,10H,5,7H2,1-4H3;2*10H,6,8H2,1-4H3;2*5-6H,7-8H2,1-4H3/b9-7+;7-6+;;;;7-5+;8-6+;;;2*6-5+. The highest BCUT2D eigenvalue weighted by Gasteiger charge is 2.13. The number of unbranched alkanes of at least 4 members (excludes halogenated alkanes) is 2. The van der Waals surface area contributed by atoms with Gasteiger partial charge in [-0.25, -0.2) is 0 Å². The predicted molar refractivity (Wildman–Crippen MR) is 552 cm³/mol. The molecule has 0 aromatic rings. The summed E-state index contributed by atoms with van der Waals surface area (Å²) in [6.45, 7) is 102. The molecule has 0 aliphatic rings. The Hall–Kier alpha value is -4.97. The van der Waals surface area contributed by atoms with Gasteiger partial charge in [0.2, 0.25) is 0 Å². The third kappa shape index (κ3) is 210. The Bertz CT molecular complexity index is 2740. The number of hydrogen-bond acceptors (Lipinski definition) is 6. The largest absolute Gasteiger partial charge is 0.394 e. The average molecular weight is 1640 g/mol. The summed E-state index contributed by atoms with van der Waals surface area (Å²) in [5.74, 6) is 31.6. The van der Waals surface area contributed by atoms with Gasteiger partial charge in [-0.2, -0.15) is 0 Å². The summed E-state index contributed by atoms with van der Waals surface area (Å²) >= 11 is 0. The molecule has 118 heavy (non-hydrogen) atoms. The van der Waals surface area contributed by atoms with Crippen molar-refractivity contribution in [3.63, 3.8) is 0 Å². The topological polar surface area (TPSA) is 89.2 Å². The first-order chi connectivity index (χ1) is 53.1. The van der Waals surface area contributed by atoms with Crippen molar-refractivity contribution in [1.82, 2.24) is 20.9 Å². The van der Waals surface area contributed by atoms with E-state index in [1.54, 1.807) is 0 Å². The van der Waals surface area contributed by atoms with Crippen molar-refractivity contribution in [1.29, 1.82) is 5.41 Å². The SMILES string of the molecule is C/C=C/CCC(C)(C)C.C/C=C/CCC(C)(C)C.C=C(C)C/C=C/CCC(C)(C)C.C=C(C)CCCC#CC(C)(C)C.CC(=N)CCCC#CC(C)(C)C.CC(C)(C)/C=C/CCC(C)(C)C.CC(N)/C=C/CCC(C)(C)C.CN(C)CCC#CC(C)(C)C.CN/C=C/CCC(C)(C)C.CNCCC#CC(C)(C)C.CNCCC#CC(C)(C)C. The van der Waals surface area contributed by atoms with Crippen molar-refractivity contribution >= 4 is 5.71 Å². The van der Waals surface area contributed by atoms with Crippen molar-refractivity contribution in [2.45, 2.75) is 438 Å². The second-order valence-electron chi connectivity index (χ2n) is 45.6. The molecule has 0 amide bonds.